The fraction of sp³-hybridized carbons (Fsp3) is 0.462. The van der Waals surface area contributed by atoms with E-state index in [9.17, 15) is 9.90 Å². The summed E-state index contributed by atoms with van der Waals surface area (Å²) >= 11 is 0. The van der Waals surface area contributed by atoms with Crippen LogP contribution in [0, 0.1) is 0 Å². The van der Waals surface area contributed by atoms with E-state index in [1.54, 1.807) is 0 Å². The van der Waals surface area contributed by atoms with Crippen molar-refractivity contribution < 1.29 is 25.2 Å². The first kappa shape index (κ1) is 19.7. The Bertz CT molecular complexity index is 337. The van der Waals surface area contributed by atoms with Crippen molar-refractivity contribution in [3.63, 3.8) is 0 Å². The highest BCUT2D eigenvalue weighted by Crippen LogP contribution is 2.18. The molecule has 0 radical (unpaired) electrons. The third-order valence-electron chi connectivity index (χ3n) is 2.16. The third-order valence-corrected chi connectivity index (χ3v) is 2.16. The summed E-state index contributed by atoms with van der Waals surface area (Å²) in [6.07, 6.45) is 0.694. The molecule has 1 aromatic carbocycles. The fourth-order valence-corrected chi connectivity index (χ4v) is 1.14. The Labute approximate surface area is 112 Å². The lowest BCUT2D eigenvalue weighted by Gasteiger charge is -2.07. The van der Waals surface area contributed by atoms with Crippen LogP contribution in [0.5, 0.6) is 5.75 Å². The molecule has 0 saturated carbocycles. The number of aromatic hydroxyl groups is 1. The fourth-order valence-electron chi connectivity index (χ4n) is 1.14. The number of unbranched alkanes of at least 4 members (excludes halogenated alkanes) is 1. The smallest absolute Gasteiger partial charge is 0.306 e. The van der Waals surface area contributed by atoms with Gasteiger partial charge in [0, 0.05) is 6.61 Å². The molecule has 0 aliphatic heterocycles. The van der Waals surface area contributed by atoms with E-state index < -0.39 is 12.1 Å². The molecule has 19 heavy (non-hydrogen) atoms. The summed E-state index contributed by atoms with van der Waals surface area (Å²) < 4.78 is 0. The van der Waals surface area contributed by atoms with Crippen molar-refractivity contribution in [1.82, 2.24) is 6.15 Å². The number of phenols is 1. The molecule has 0 saturated heterocycles. The third kappa shape index (κ3) is 10.0. The Morgan fingerprint density at radius 2 is 1.79 bits per heavy atom. The summed E-state index contributed by atoms with van der Waals surface area (Å²) in [6.45, 7) is 2.40. The average Bonchev–Trinajstić information content (AvgIpc) is 2.30. The van der Waals surface area contributed by atoms with Crippen LogP contribution in [0.25, 0.3) is 0 Å². The van der Waals surface area contributed by atoms with Gasteiger partial charge in [0.25, 0.3) is 0 Å². The van der Waals surface area contributed by atoms with Gasteiger partial charge in [-0.15, -0.1) is 0 Å². The number of phenolic OH excluding ortho intramolecular Hbond substituents is 1. The lowest BCUT2D eigenvalue weighted by molar-refractivity contribution is -0.139. The molecule has 0 aliphatic rings. The number of carbonyl (C=O) groups is 1. The second-order valence-electron chi connectivity index (χ2n) is 3.78. The second-order valence-corrected chi connectivity index (χ2v) is 3.78. The first-order valence-corrected chi connectivity index (χ1v) is 5.80. The van der Waals surface area contributed by atoms with Gasteiger partial charge in [-0.3, -0.25) is 4.79 Å². The number of carboxylic acid groups (broad SMARTS) is 1. The van der Waals surface area contributed by atoms with Gasteiger partial charge in [-0.05, 0) is 24.1 Å². The molecular weight excluding hydrogens is 250 g/mol. The van der Waals surface area contributed by atoms with Crippen molar-refractivity contribution in [2.24, 2.45) is 0 Å². The van der Waals surface area contributed by atoms with Gasteiger partial charge in [-0.25, -0.2) is 0 Å². The zero-order chi connectivity index (χ0) is 14.0. The molecule has 0 amide bonds. The Morgan fingerprint density at radius 1 is 1.26 bits per heavy atom. The summed E-state index contributed by atoms with van der Waals surface area (Å²) in [5, 5.41) is 34.7. The van der Waals surface area contributed by atoms with Crippen molar-refractivity contribution in [2.75, 3.05) is 6.61 Å². The van der Waals surface area contributed by atoms with Gasteiger partial charge in [-0.1, -0.05) is 25.5 Å². The van der Waals surface area contributed by atoms with Crippen LogP contribution in [0.3, 0.4) is 0 Å². The number of aliphatic hydroxyl groups excluding tert-OH is 2. The van der Waals surface area contributed by atoms with Gasteiger partial charge in [0.1, 0.15) is 5.75 Å². The maximum Gasteiger partial charge on any atom is 0.306 e. The van der Waals surface area contributed by atoms with Crippen molar-refractivity contribution in [1.29, 1.82) is 0 Å². The normalized spacial score (nSPS) is 10.7. The molecule has 1 unspecified atom stereocenters. The average molecular weight is 273 g/mol. The summed E-state index contributed by atoms with van der Waals surface area (Å²) in [6, 6.07) is 5.78. The van der Waals surface area contributed by atoms with E-state index in [1.807, 2.05) is 0 Å². The molecule has 0 fully saturated rings. The maximum atomic E-state index is 10.2. The zero-order valence-corrected chi connectivity index (χ0v) is 11.1. The van der Waals surface area contributed by atoms with Crippen LogP contribution in [0.2, 0.25) is 0 Å². The van der Waals surface area contributed by atoms with Crippen LogP contribution >= 0.6 is 0 Å². The molecule has 7 N–H and O–H groups in total. The molecule has 1 rings (SSSR count). The highest BCUT2D eigenvalue weighted by Gasteiger charge is 2.11. The van der Waals surface area contributed by atoms with Gasteiger partial charge in [0.2, 0.25) is 0 Å². The summed E-state index contributed by atoms with van der Waals surface area (Å²) in [4.78, 5) is 10.2. The Kier molecular flexibility index (Phi) is 11.9. The summed E-state index contributed by atoms with van der Waals surface area (Å²) in [7, 11) is 0. The molecule has 6 heteroatoms. The number of hydrogen-bond acceptors (Lipinski definition) is 5. The Hall–Kier alpha value is -1.63. The monoisotopic (exact) mass is 273 g/mol. The highest BCUT2D eigenvalue weighted by atomic mass is 16.4. The van der Waals surface area contributed by atoms with Gasteiger partial charge in [-0.2, -0.15) is 0 Å². The van der Waals surface area contributed by atoms with E-state index in [0.29, 0.717) is 12.2 Å². The van der Waals surface area contributed by atoms with E-state index in [0.717, 1.165) is 12.8 Å². The topological polar surface area (TPSA) is 133 Å². The molecule has 0 spiro atoms. The van der Waals surface area contributed by atoms with Crippen molar-refractivity contribution in [2.45, 2.75) is 32.3 Å². The second kappa shape index (κ2) is 11.5. The van der Waals surface area contributed by atoms with Gasteiger partial charge in [0.05, 0.1) is 12.5 Å². The van der Waals surface area contributed by atoms with Crippen LogP contribution in [-0.4, -0.2) is 33.0 Å². The van der Waals surface area contributed by atoms with Crippen LogP contribution in [0.1, 0.15) is 37.9 Å². The molecule has 1 atom stereocenters. The minimum Gasteiger partial charge on any atom is -0.508 e. The number of benzene rings is 1. The quantitative estimate of drug-likeness (QED) is 0.556. The SMILES string of the molecule is CCCCO.N.O=C(O)CC(O)c1ccc(O)cc1. The maximum absolute atomic E-state index is 10.2. The predicted molar refractivity (Wildman–Crippen MR) is 72.3 cm³/mol. The molecule has 0 bridgehead atoms. The van der Waals surface area contributed by atoms with Crippen molar-refractivity contribution in [3.05, 3.63) is 29.8 Å². The van der Waals surface area contributed by atoms with E-state index in [4.69, 9.17) is 15.3 Å². The summed E-state index contributed by atoms with van der Waals surface area (Å²) in [5.74, 6) is -0.966. The lowest BCUT2D eigenvalue weighted by Crippen LogP contribution is -2.04. The molecule has 0 aliphatic carbocycles. The van der Waals surface area contributed by atoms with Crippen LogP contribution in [-0.2, 0) is 4.79 Å². The molecule has 0 heterocycles. The standard InChI is InChI=1S/C9H10O4.C4H10O.H3N/c10-7-3-1-6(2-4-7)8(11)5-9(12)13;1-2-3-4-5;/h1-4,8,10-11H,5H2,(H,12,13);5H,2-4H2,1H3;1H3. The highest BCUT2D eigenvalue weighted by molar-refractivity contribution is 5.67. The number of rotatable bonds is 5. The van der Waals surface area contributed by atoms with E-state index >= 15 is 0 Å². The van der Waals surface area contributed by atoms with Crippen LogP contribution in [0.4, 0.5) is 0 Å². The first-order chi connectivity index (χ1) is 8.51. The van der Waals surface area contributed by atoms with E-state index in [1.165, 1.54) is 24.3 Å². The van der Waals surface area contributed by atoms with E-state index in [-0.39, 0.29) is 18.3 Å². The largest absolute Gasteiger partial charge is 0.508 e. The number of aliphatic carboxylic acids is 1. The van der Waals surface area contributed by atoms with Crippen LogP contribution < -0.4 is 6.15 Å². The minimum atomic E-state index is -1.06. The Morgan fingerprint density at radius 3 is 2.11 bits per heavy atom. The van der Waals surface area contributed by atoms with Gasteiger partial charge >= 0.3 is 5.97 Å². The molecule has 110 valence electrons. The van der Waals surface area contributed by atoms with Gasteiger partial charge in [0.15, 0.2) is 0 Å². The predicted octanol–water partition coefficient (Wildman–Crippen LogP) is 1.84. The van der Waals surface area contributed by atoms with Crippen molar-refractivity contribution in [3.8, 4) is 5.75 Å². The van der Waals surface area contributed by atoms with Crippen molar-refractivity contribution >= 4 is 5.97 Å². The number of hydrogen-bond donors (Lipinski definition) is 5. The first-order valence-electron chi connectivity index (χ1n) is 5.80. The number of carboxylic acids is 1. The number of aliphatic hydroxyl groups is 2. The Balaban J connectivity index is 0. The molecule has 1 aromatic rings. The van der Waals surface area contributed by atoms with E-state index in [2.05, 4.69) is 6.92 Å². The van der Waals surface area contributed by atoms with Crippen LogP contribution in [0.15, 0.2) is 24.3 Å². The van der Waals surface area contributed by atoms with Gasteiger partial charge < -0.3 is 26.6 Å². The minimum absolute atomic E-state index is 0. The summed E-state index contributed by atoms with van der Waals surface area (Å²) in [5.41, 5.74) is 0.486. The lowest BCUT2D eigenvalue weighted by atomic mass is 10.1. The zero-order valence-electron chi connectivity index (χ0n) is 11.1. The molecule has 0 aromatic heterocycles. The molecular formula is C13H23NO5. The molecule has 6 nitrogen and oxygen atoms in total.